The molecule has 1 saturated heterocycles. The van der Waals surface area contributed by atoms with Gasteiger partial charge in [0, 0.05) is 38.8 Å². The van der Waals surface area contributed by atoms with Gasteiger partial charge in [-0.15, -0.1) is 10.2 Å². The second kappa shape index (κ2) is 9.26. The third-order valence-electron chi connectivity index (χ3n) is 4.22. The van der Waals surface area contributed by atoms with Gasteiger partial charge >= 0.3 is 0 Å². The Labute approximate surface area is 163 Å². The standard InChI is InChI=1S/C18H22Cl2N4O2/c1-2-25-14-3-5-15(6-4-14)26-12-11-23-7-9-24(10-8-23)16-13-17(19)21-22-18(16)20/h3-6,13H,2,7-12H2,1H3. The molecule has 0 unspecified atom stereocenters. The summed E-state index contributed by atoms with van der Waals surface area (Å²) in [5.74, 6) is 1.72. The maximum atomic E-state index is 6.13. The molecule has 3 rings (SSSR count). The summed E-state index contributed by atoms with van der Waals surface area (Å²) in [7, 11) is 0. The van der Waals surface area contributed by atoms with Gasteiger partial charge in [-0.25, -0.2) is 0 Å². The minimum atomic E-state index is 0.357. The molecule has 26 heavy (non-hydrogen) atoms. The van der Waals surface area contributed by atoms with Gasteiger partial charge in [-0.1, -0.05) is 23.2 Å². The van der Waals surface area contributed by atoms with Crippen molar-refractivity contribution in [2.45, 2.75) is 6.92 Å². The number of benzene rings is 1. The van der Waals surface area contributed by atoms with Crippen LogP contribution in [-0.4, -0.2) is 61.0 Å². The largest absolute Gasteiger partial charge is 0.494 e. The van der Waals surface area contributed by atoms with Crippen LogP contribution in [0.2, 0.25) is 10.3 Å². The van der Waals surface area contributed by atoms with Gasteiger partial charge in [0.25, 0.3) is 0 Å². The molecule has 2 aromatic rings. The normalized spacial score (nSPS) is 15.1. The van der Waals surface area contributed by atoms with Crippen LogP contribution >= 0.6 is 23.2 Å². The first-order chi connectivity index (χ1) is 12.7. The Morgan fingerprint density at radius 2 is 1.62 bits per heavy atom. The van der Waals surface area contributed by atoms with E-state index < -0.39 is 0 Å². The molecular formula is C18H22Cl2N4O2. The van der Waals surface area contributed by atoms with E-state index in [1.807, 2.05) is 31.2 Å². The predicted molar refractivity (Wildman–Crippen MR) is 104 cm³/mol. The van der Waals surface area contributed by atoms with Crippen molar-refractivity contribution in [3.63, 3.8) is 0 Å². The van der Waals surface area contributed by atoms with Gasteiger partial charge < -0.3 is 14.4 Å². The molecule has 0 aliphatic carbocycles. The van der Waals surface area contributed by atoms with Crippen LogP contribution < -0.4 is 14.4 Å². The third-order valence-corrected chi connectivity index (χ3v) is 4.68. The summed E-state index contributed by atoms with van der Waals surface area (Å²) < 4.78 is 11.2. The maximum absolute atomic E-state index is 6.13. The number of hydrogen-bond donors (Lipinski definition) is 0. The molecule has 8 heteroatoms. The molecule has 2 heterocycles. The Bertz CT molecular complexity index is 707. The predicted octanol–water partition coefficient (Wildman–Crippen LogP) is 3.38. The van der Waals surface area contributed by atoms with Gasteiger partial charge in [-0.3, -0.25) is 4.90 Å². The SMILES string of the molecule is CCOc1ccc(OCCN2CCN(c3cc(Cl)nnc3Cl)CC2)cc1. The fraction of sp³-hybridized carbons (Fsp3) is 0.444. The maximum Gasteiger partial charge on any atom is 0.175 e. The third kappa shape index (κ3) is 5.13. The average Bonchev–Trinajstić information content (AvgIpc) is 2.66. The molecule has 1 aromatic carbocycles. The van der Waals surface area contributed by atoms with Gasteiger partial charge in [0.2, 0.25) is 0 Å². The minimum absolute atomic E-state index is 0.357. The highest BCUT2D eigenvalue weighted by atomic mass is 35.5. The molecule has 6 nitrogen and oxygen atoms in total. The van der Waals surface area contributed by atoms with Crippen LogP contribution in [0.25, 0.3) is 0 Å². The summed E-state index contributed by atoms with van der Waals surface area (Å²) in [5, 5.41) is 8.38. The van der Waals surface area contributed by atoms with E-state index in [0.717, 1.165) is 49.9 Å². The Balaban J connectivity index is 1.42. The van der Waals surface area contributed by atoms with Crippen LogP contribution in [-0.2, 0) is 0 Å². The number of ether oxygens (including phenoxy) is 2. The molecule has 0 bridgehead atoms. The molecule has 0 N–H and O–H groups in total. The zero-order valence-electron chi connectivity index (χ0n) is 14.7. The number of rotatable bonds is 7. The lowest BCUT2D eigenvalue weighted by molar-refractivity contribution is 0.200. The van der Waals surface area contributed by atoms with Crippen LogP contribution in [0.4, 0.5) is 5.69 Å². The van der Waals surface area contributed by atoms with Crippen molar-refractivity contribution in [3.05, 3.63) is 40.6 Å². The first-order valence-electron chi connectivity index (χ1n) is 8.67. The van der Waals surface area contributed by atoms with Crippen LogP contribution in [0.5, 0.6) is 11.5 Å². The molecule has 0 amide bonds. The highest BCUT2D eigenvalue weighted by Gasteiger charge is 2.20. The highest BCUT2D eigenvalue weighted by Crippen LogP contribution is 2.26. The van der Waals surface area contributed by atoms with Gasteiger partial charge in [0.1, 0.15) is 18.1 Å². The molecular weight excluding hydrogens is 375 g/mol. The van der Waals surface area contributed by atoms with E-state index in [1.54, 1.807) is 6.07 Å². The van der Waals surface area contributed by atoms with E-state index in [4.69, 9.17) is 32.7 Å². The van der Waals surface area contributed by atoms with E-state index in [0.29, 0.717) is 23.5 Å². The van der Waals surface area contributed by atoms with Crippen molar-refractivity contribution in [2.24, 2.45) is 0 Å². The highest BCUT2D eigenvalue weighted by molar-refractivity contribution is 6.33. The van der Waals surface area contributed by atoms with Crippen LogP contribution in [0, 0.1) is 0 Å². The van der Waals surface area contributed by atoms with Crippen molar-refractivity contribution >= 4 is 28.9 Å². The molecule has 1 fully saturated rings. The number of hydrogen-bond acceptors (Lipinski definition) is 6. The van der Waals surface area contributed by atoms with Crippen molar-refractivity contribution in [1.82, 2.24) is 15.1 Å². The lowest BCUT2D eigenvalue weighted by Gasteiger charge is -2.36. The fourth-order valence-electron chi connectivity index (χ4n) is 2.87. The minimum Gasteiger partial charge on any atom is -0.494 e. The average molecular weight is 397 g/mol. The number of piperazine rings is 1. The Kier molecular flexibility index (Phi) is 6.77. The quantitative estimate of drug-likeness (QED) is 0.714. The topological polar surface area (TPSA) is 50.7 Å². The van der Waals surface area contributed by atoms with E-state index in [1.165, 1.54) is 0 Å². The van der Waals surface area contributed by atoms with Crippen molar-refractivity contribution < 1.29 is 9.47 Å². The van der Waals surface area contributed by atoms with Gasteiger partial charge in [-0.2, -0.15) is 0 Å². The molecule has 0 radical (unpaired) electrons. The summed E-state index contributed by atoms with van der Waals surface area (Å²) in [6.45, 7) is 7.76. The van der Waals surface area contributed by atoms with Gasteiger partial charge in [0.15, 0.2) is 10.3 Å². The summed E-state index contributed by atoms with van der Waals surface area (Å²) in [6.07, 6.45) is 0. The second-order valence-corrected chi connectivity index (χ2v) is 6.67. The van der Waals surface area contributed by atoms with Crippen molar-refractivity contribution in [3.8, 4) is 11.5 Å². The Morgan fingerprint density at radius 3 is 2.27 bits per heavy atom. The zero-order chi connectivity index (χ0) is 18.4. The first kappa shape index (κ1) is 19.0. The molecule has 0 spiro atoms. The first-order valence-corrected chi connectivity index (χ1v) is 9.43. The lowest BCUT2D eigenvalue weighted by Crippen LogP contribution is -2.47. The molecule has 1 aliphatic heterocycles. The number of aromatic nitrogens is 2. The summed E-state index contributed by atoms with van der Waals surface area (Å²) >= 11 is 12.1. The van der Waals surface area contributed by atoms with Gasteiger partial charge in [-0.05, 0) is 31.2 Å². The number of anilines is 1. The second-order valence-electron chi connectivity index (χ2n) is 5.92. The van der Waals surface area contributed by atoms with E-state index >= 15 is 0 Å². The van der Waals surface area contributed by atoms with Gasteiger partial charge in [0.05, 0.1) is 12.3 Å². The number of halogens is 2. The molecule has 140 valence electrons. The molecule has 0 atom stereocenters. The van der Waals surface area contributed by atoms with Crippen LogP contribution in [0.3, 0.4) is 0 Å². The monoisotopic (exact) mass is 396 g/mol. The number of nitrogens with zero attached hydrogens (tertiary/aromatic N) is 4. The fourth-order valence-corrected chi connectivity index (χ4v) is 3.22. The van der Waals surface area contributed by atoms with Crippen LogP contribution in [0.1, 0.15) is 6.92 Å². The van der Waals surface area contributed by atoms with E-state index in [2.05, 4.69) is 20.0 Å². The smallest absolute Gasteiger partial charge is 0.175 e. The molecule has 0 saturated carbocycles. The Hall–Kier alpha value is -1.76. The summed E-state index contributed by atoms with van der Waals surface area (Å²) in [6, 6.07) is 9.49. The molecule has 1 aliphatic rings. The van der Waals surface area contributed by atoms with E-state index in [9.17, 15) is 0 Å². The summed E-state index contributed by atoms with van der Waals surface area (Å²) in [5.41, 5.74) is 0.844. The summed E-state index contributed by atoms with van der Waals surface area (Å²) in [4.78, 5) is 4.56. The van der Waals surface area contributed by atoms with Crippen LogP contribution in [0.15, 0.2) is 30.3 Å². The molecule has 1 aromatic heterocycles. The van der Waals surface area contributed by atoms with E-state index in [-0.39, 0.29) is 0 Å². The van der Waals surface area contributed by atoms with Crippen molar-refractivity contribution in [1.29, 1.82) is 0 Å². The zero-order valence-corrected chi connectivity index (χ0v) is 16.2. The van der Waals surface area contributed by atoms with Crippen molar-refractivity contribution in [2.75, 3.05) is 50.8 Å². The lowest BCUT2D eigenvalue weighted by atomic mass is 10.3. The Morgan fingerprint density at radius 1 is 0.962 bits per heavy atom.